The van der Waals surface area contributed by atoms with Gasteiger partial charge in [-0.1, -0.05) is 109 Å². The number of nitriles is 1. The Morgan fingerprint density at radius 2 is 1.02 bits per heavy atom. The van der Waals surface area contributed by atoms with Gasteiger partial charge in [-0.05, 0) is 72.8 Å². The summed E-state index contributed by atoms with van der Waals surface area (Å²) in [5, 5.41) is 17.9. The van der Waals surface area contributed by atoms with Crippen LogP contribution in [-0.2, 0) is 0 Å². The number of para-hydroxylation sites is 3. The fourth-order valence-corrected chi connectivity index (χ4v) is 9.88. The monoisotopic (exact) mass is 770 g/mol. The summed E-state index contributed by atoms with van der Waals surface area (Å²) in [7, 11) is 0. The van der Waals surface area contributed by atoms with Crippen LogP contribution in [0.15, 0.2) is 182 Å². The molecule has 59 heavy (non-hydrogen) atoms. The summed E-state index contributed by atoms with van der Waals surface area (Å²) in [5.74, 6) is 1.65. The first-order chi connectivity index (χ1) is 29.2. The normalized spacial score (nSPS) is 11.7. The van der Waals surface area contributed by atoms with Gasteiger partial charge in [-0.15, -0.1) is 11.3 Å². The number of fused-ring (bicyclic) bond motifs is 10. The Kier molecular flexibility index (Phi) is 7.36. The molecular weight excluding hydrogens is 741 g/mol. The summed E-state index contributed by atoms with van der Waals surface area (Å²) >= 11 is 1.78. The molecule has 0 radical (unpaired) electrons. The third kappa shape index (κ3) is 5.14. The molecule has 0 spiro atoms. The van der Waals surface area contributed by atoms with E-state index in [2.05, 4.69) is 143 Å². The number of rotatable bonds is 5. The zero-order valence-corrected chi connectivity index (χ0v) is 32.2. The van der Waals surface area contributed by atoms with Crippen LogP contribution in [0.4, 0.5) is 0 Å². The molecule has 0 saturated carbocycles. The Labute approximate surface area is 342 Å². The Morgan fingerprint density at radius 1 is 0.424 bits per heavy atom. The highest BCUT2D eigenvalue weighted by molar-refractivity contribution is 7.25. The molecule has 0 aliphatic carbocycles. The molecule has 0 atom stereocenters. The van der Waals surface area contributed by atoms with E-state index in [1.54, 1.807) is 11.3 Å². The van der Waals surface area contributed by atoms with Gasteiger partial charge in [0.25, 0.3) is 0 Å². The molecule has 0 N–H and O–H groups in total. The zero-order valence-electron chi connectivity index (χ0n) is 31.4. The molecule has 4 heterocycles. The maximum atomic E-state index is 11.0. The van der Waals surface area contributed by atoms with Crippen LogP contribution in [0.1, 0.15) is 5.56 Å². The minimum Gasteiger partial charge on any atom is -0.309 e. The number of hydrogen-bond acceptors (Lipinski definition) is 5. The van der Waals surface area contributed by atoms with Crippen molar-refractivity contribution < 1.29 is 0 Å². The summed E-state index contributed by atoms with van der Waals surface area (Å²) < 4.78 is 7.07. The van der Waals surface area contributed by atoms with Crippen LogP contribution in [0.25, 0.3) is 109 Å². The van der Waals surface area contributed by atoms with E-state index in [0.717, 1.165) is 71.7 Å². The Balaban J connectivity index is 1.08. The molecule has 6 nitrogen and oxygen atoms in total. The summed E-state index contributed by atoms with van der Waals surface area (Å²) in [5.41, 5.74) is 9.25. The van der Waals surface area contributed by atoms with Crippen molar-refractivity contribution in [2.24, 2.45) is 0 Å². The van der Waals surface area contributed by atoms with Gasteiger partial charge in [0, 0.05) is 64.1 Å². The van der Waals surface area contributed by atoms with Gasteiger partial charge in [0.15, 0.2) is 17.5 Å². The molecule has 12 rings (SSSR count). The first kappa shape index (κ1) is 33.2. The molecule has 0 unspecified atom stereocenters. The third-order valence-corrected chi connectivity index (χ3v) is 12.6. The lowest BCUT2D eigenvalue weighted by molar-refractivity contribution is 1.07. The van der Waals surface area contributed by atoms with Gasteiger partial charge in [-0.25, -0.2) is 15.0 Å². The minimum absolute atomic E-state index is 0.503. The lowest BCUT2D eigenvalue weighted by atomic mass is 10.1. The van der Waals surface area contributed by atoms with E-state index < -0.39 is 0 Å². The van der Waals surface area contributed by atoms with Gasteiger partial charge in [-0.2, -0.15) is 5.26 Å². The van der Waals surface area contributed by atoms with Crippen LogP contribution in [0.5, 0.6) is 0 Å². The van der Waals surface area contributed by atoms with E-state index in [0.29, 0.717) is 23.0 Å². The van der Waals surface area contributed by atoms with E-state index in [9.17, 15) is 5.26 Å². The summed E-state index contributed by atoms with van der Waals surface area (Å²) in [4.78, 5) is 15.2. The van der Waals surface area contributed by atoms with Crippen LogP contribution < -0.4 is 0 Å². The van der Waals surface area contributed by atoms with Crippen molar-refractivity contribution in [2.75, 3.05) is 0 Å². The highest BCUT2D eigenvalue weighted by Crippen LogP contribution is 2.43. The summed E-state index contributed by atoms with van der Waals surface area (Å²) in [6.07, 6.45) is 0. The molecule has 7 heteroatoms. The molecule has 0 aliphatic heterocycles. The van der Waals surface area contributed by atoms with Crippen molar-refractivity contribution in [2.45, 2.75) is 0 Å². The SMILES string of the molecule is N#Cc1cc(-c2nc(-c3ccccc3)nc(-c3ccc4sc5ccccc5c4c3)n2)ccc1-n1c2ccccc2c2ccc3c(c4ccccc4n3-c3ccccc3)c21. The van der Waals surface area contributed by atoms with E-state index in [4.69, 9.17) is 15.0 Å². The second-order valence-electron chi connectivity index (χ2n) is 14.7. The lowest BCUT2D eigenvalue weighted by Crippen LogP contribution is -2.02. The second-order valence-corrected chi connectivity index (χ2v) is 15.8. The zero-order chi connectivity index (χ0) is 39.0. The topological polar surface area (TPSA) is 72.3 Å². The molecule has 0 bridgehead atoms. The van der Waals surface area contributed by atoms with Crippen LogP contribution in [0, 0.1) is 11.3 Å². The second kappa shape index (κ2) is 13.1. The average molecular weight is 771 g/mol. The van der Waals surface area contributed by atoms with Gasteiger partial charge in [-0.3, -0.25) is 0 Å². The van der Waals surface area contributed by atoms with Crippen molar-refractivity contribution in [3.05, 3.63) is 188 Å². The highest BCUT2D eigenvalue weighted by Gasteiger charge is 2.23. The Bertz CT molecular complexity index is 3680. The first-order valence-corrected chi connectivity index (χ1v) is 20.3. The van der Waals surface area contributed by atoms with Crippen LogP contribution in [0.3, 0.4) is 0 Å². The quantitative estimate of drug-likeness (QED) is 0.175. The fraction of sp³-hybridized carbons (Fsp3) is 0. The van der Waals surface area contributed by atoms with Crippen molar-refractivity contribution in [3.8, 4) is 51.6 Å². The molecule has 12 aromatic rings. The summed E-state index contributed by atoms with van der Waals surface area (Å²) in [6.45, 7) is 0. The molecule has 8 aromatic carbocycles. The van der Waals surface area contributed by atoms with Gasteiger partial charge in [0.1, 0.15) is 6.07 Å². The Morgan fingerprint density at radius 3 is 1.78 bits per heavy atom. The van der Waals surface area contributed by atoms with Gasteiger partial charge < -0.3 is 9.13 Å². The molecule has 274 valence electrons. The smallest absolute Gasteiger partial charge is 0.164 e. The fourth-order valence-electron chi connectivity index (χ4n) is 8.79. The lowest BCUT2D eigenvalue weighted by Gasteiger charge is -2.13. The highest BCUT2D eigenvalue weighted by atomic mass is 32.1. The van der Waals surface area contributed by atoms with Crippen molar-refractivity contribution >= 4 is 75.1 Å². The predicted octanol–water partition coefficient (Wildman–Crippen LogP) is 13.3. The third-order valence-electron chi connectivity index (χ3n) is 11.4. The maximum absolute atomic E-state index is 11.0. The van der Waals surface area contributed by atoms with Crippen molar-refractivity contribution in [1.82, 2.24) is 24.1 Å². The largest absolute Gasteiger partial charge is 0.309 e. The number of nitrogens with zero attached hydrogens (tertiary/aromatic N) is 6. The van der Waals surface area contributed by atoms with Gasteiger partial charge in [0.2, 0.25) is 0 Å². The number of thiophene rings is 1. The van der Waals surface area contributed by atoms with Crippen LogP contribution in [-0.4, -0.2) is 24.1 Å². The summed E-state index contributed by atoms with van der Waals surface area (Å²) in [6, 6.07) is 65.5. The Hall–Kier alpha value is -7.92. The van der Waals surface area contributed by atoms with Gasteiger partial charge in [0.05, 0.1) is 33.3 Å². The molecule has 0 amide bonds. The maximum Gasteiger partial charge on any atom is 0.164 e. The van der Waals surface area contributed by atoms with Crippen LogP contribution in [0.2, 0.25) is 0 Å². The van der Waals surface area contributed by atoms with E-state index in [1.807, 2.05) is 54.6 Å². The standard InChI is InChI=1S/C52H30N6S/c53-31-35-29-33(51-54-50(32-13-3-1-4-14-32)55-52(56-51)34-24-28-47-41(30-34)38-18-9-12-22-46(38)59-47)23-26-42(35)58-43-20-10-7-17-37(43)39-25-27-45-48(49(39)58)40-19-8-11-21-44(40)57(45)36-15-5-2-6-16-36/h1-30H. The van der Waals surface area contributed by atoms with E-state index in [-0.39, 0.29) is 0 Å². The van der Waals surface area contributed by atoms with E-state index >= 15 is 0 Å². The first-order valence-electron chi connectivity index (χ1n) is 19.5. The molecule has 0 saturated heterocycles. The average Bonchev–Trinajstić information content (AvgIpc) is 3.96. The van der Waals surface area contributed by atoms with Crippen molar-refractivity contribution in [3.63, 3.8) is 0 Å². The predicted molar refractivity (Wildman–Crippen MR) is 242 cm³/mol. The van der Waals surface area contributed by atoms with Crippen molar-refractivity contribution in [1.29, 1.82) is 5.26 Å². The minimum atomic E-state index is 0.503. The molecular formula is C52H30N6S. The number of aromatic nitrogens is 5. The molecule has 0 fully saturated rings. The molecule has 4 aromatic heterocycles. The number of hydrogen-bond donors (Lipinski definition) is 0. The van der Waals surface area contributed by atoms with Gasteiger partial charge >= 0.3 is 0 Å². The molecule has 0 aliphatic rings. The van der Waals surface area contributed by atoms with E-state index in [1.165, 1.54) is 20.2 Å². The van der Waals surface area contributed by atoms with Crippen LogP contribution >= 0.6 is 11.3 Å². The number of benzene rings is 8.